The Morgan fingerprint density at radius 2 is 1.95 bits per heavy atom. The number of amides is 1. The van der Waals surface area contributed by atoms with Gasteiger partial charge in [0.05, 0.1) is 5.56 Å². The van der Waals surface area contributed by atoms with Gasteiger partial charge in [-0.3, -0.25) is 4.79 Å². The third-order valence-corrected chi connectivity index (χ3v) is 3.20. The maximum Gasteiger partial charge on any atom is 0.335 e. The van der Waals surface area contributed by atoms with Gasteiger partial charge < -0.3 is 14.7 Å². The average molecular weight is 281 g/mol. The minimum absolute atomic E-state index is 0.0439. The molecule has 1 unspecified atom stereocenters. The number of ether oxygens (including phenoxy) is 1. The number of rotatable bonds is 4. The standard InChI is InChI=1S/C14H16FNO4/c1-9(13(17)16-4-2-3-5-16)20-12-7-10(14(18)19)6-11(15)8-12/h6-9H,2-5H2,1H3,(H,18,19). The van der Waals surface area contributed by atoms with Crippen LogP contribution in [0.15, 0.2) is 18.2 Å². The molecule has 1 saturated heterocycles. The van der Waals surface area contributed by atoms with Gasteiger partial charge >= 0.3 is 5.97 Å². The van der Waals surface area contributed by atoms with Gasteiger partial charge in [0.1, 0.15) is 11.6 Å². The summed E-state index contributed by atoms with van der Waals surface area (Å²) in [6.07, 6.45) is 1.18. The molecule has 5 nitrogen and oxygen atoms in total. The summed E-state index contributed by atoms with van der Waals surface area (Å²) in [6.45, 7) is 2.98. The third-order valence-electron chi connectivity index (χ3n) is 3.20. The fraction of sp³-hybridized carbons (Fsp3) is 0.429. The van der Waals surface area contributed by atoms with Crippen LogP contribution in [0.5, 0.6) is 5.75 Å². The van der Waals surface area contributed by atoms with Gasteiger partial charge in [-0.05, 0) is 31.9 Å². The van der Waals surface area contributed by atoms with E-state index < -0.39 is 17.9 Å². The first-order valence-corrected chi connectivity index (χ1v) is 6.46. The van der Waals surface area contributed by atoms with Gasteiger partial charge in [0, 0.05) is 19.2 Å². The second-order valence-electron chi connectivity index (χ2n) is 4.77. The van der Waals surface area contributed by atoms with E-state index in [-0.39, 0.29) is 17.2 Å². The molecule has 0 aliphatic carbocycles. The van der Waals surface area contributed by atoms with Crippen molar-refractivity contribution in [3.63, 3.8) is 0 Å². The van der Waals surface area contributed by atoms with Crippen molar-refractivity contribution in [1.29, 1.82) is 0 Å². The van der Waals surface area contributed by atoms with Gasteiger partial charge in [0.15, 0.2) is 6.10 Å². The Balaban J connectivity index is 2.08. The lowest BCUT2D eigenvalue weighted by atomic mass is 10.2. The molecule has 0 radical (unpaired) electrons. The summed E-state index contributed by atoms with van der Waals surface area (Å²) in [4.78, 5) is 24.6. The average Bonchev–Trinajstić information content (AvgIpc) is 2.90. The molecule has 1 aromatic carbocycles. The van der Waals surface area contributed by atoms with Crippen LogP contribution in [0.4, 0.5) is 4.39 Å². The molecule has 1 amide bonds. The molecular weight excluding hydrogens is 265 g/mol. The van der Waals surface area contributed by atoms with E-state index in [1.807, 2.05) is 0 Å². The van der Waals surface area contributed by atoms with E-state index in [4.69, 9.17) is 9.84 Å². The number of hydrogen-bond acceptors (Lipinski definition) is 3. The summed E-state index contributed by atoms with van der Waals surface area (Å²) < 4.78 is 18.7. The van der Waals surface area contributed by atoms with Gasteiger partial charge in [-0.25, -0.2) is 9.18 Å². The molecule has 1 aliphatic heterocycles. The quantitative estimate of drug-likeness (QED) is 0.915. The van der Waals surface area contributed by atoms with Crippen LogP contribution in [0.25, 0.3) is 0 Å². The van der Waals surface area contributed by atoms with Crippen molar-refractivity contribution >= 4 is 11.9 Å². The first-order valence-electron chi connectivity index (χ1n) is 6.46. The normalized spacial score (nSPS) is 16.0. The van der Waals surface area contributed by atoms with Crippen molar-refractivity contribution in [2.75, 3.05) is 13.1 Å². The molecule has 1 aliphatic rings. The molecule has 0 spiro atoms. The highest BCUT2D eigenvalue weighted by molar-refractivity contribution is 5.88. The van der Waals surface area contributed by atoms with Gasteiger partial charge in [0.2, 0.25) is 0 Å². The topological polar surface area (TPSA) is 66.8 Å². The lowest BCUT2D eigenvalue weighted by molar-refractivity contribution is -0.136. The van der Waals surface area contributed by atoms with E-state index in [0.29, 0.717) is 13.1 Å². The van der Waals surface area contributed by atoms with Gasteiger partial charge in [-0.1, -0.05) is 0 Å². The molecule has 0 aromatic heterocycles. The maximum absolute atomic E-state index is 13.3. The van der Waals surface area contributed by atoms with Crippen molar-refractivity contribution in [3.8, 4) is 5.75 Å². The second kappa shape index (κ2) is 5.90. The largest absolute Gasteiger partial charge is 0.481 e. The Labute approximate surface area is 116 Å². The van der Waals surface area contributed by atoms with Gasteiger partial charge in [-0.2, -0.15) is 0 Å². The van der Waals surface area contributed by atoms with Crippen LogP contribution in [0.1, 0.15) is 30.1 Å². The highest BCUT2D eigenvalue weighted by Gasteiger charge is 2.24. The Hall–Kier alpha value is -2.11. The minimum Gasteiger partial charge on any atom is -0.481 e. The zero-order chi connectivity index (χ0) is 14.7. The predicted molar refractivity (Wildman–Crippen MR) is 69.3 cm³/mol. The summed E-state index contributed by atoms with van der Waals surface area (Å²) in [6, 6.07) is 3.18. The van der Waals surface area contributed by atoms with E-state index in [1.165, 1.54) is 6.07 Å². The number of aromatic carboxylic acids is 1. The molecule has 20 heavy (non-hydrogen) atoms. The molecule has 108 valence electrons. The number of halogens is 1. The SMILES string of the molecule is CC(Oc1cc(F)cc(C(=O)O)c1)C(=O)N1CCCC1. The van der Waals surface area contributed by atoms with E-state index in [1.54, 1.807) is 11.8 Å². The molecule has 2 rings (SSSR count). The molecule has 0 bridgehead atoms. The van der Waals surface area contributed by atoms with Crippen molar-refractivity contribution < 1.29 is 23.8 Å². The zero-order valence-electron chi connectivity index (χ0n) is 11.1. The maximum atomic E-state index is 13.3. The number of carbonyl (C=O) groups excluding carboxylic acids is 1. The van der Waals surface area contributed by atoms with E-state index in [9.17, 15) is 14.0 Å². The number of hydrogen-bond donors (Lipinski definition) is 1. The van der Waals surface area contributed by atoms with Crippen LogP contribution < -0.4 is 4.74 Å². The molecule has 0 saturated carbocycles. The summed E-state index contributed by atoms with van der Waals surface area (Å²) in [5.74, 6) is -2.07. The smallest absolute Gasteiger partial charge is 0.335 e. The highest BCUT2D eigenvalue weighted by Crippen LogP contribution is 2.19. The number of carbonyl (C=O) groups is 2. The van der Waals surface area contributed by atoms with Crippen molar-refractivity contribution in [1.82, 2.24) is 4.90 Å². The minimum atomic E-state index is -1.24. The molecule has 1 aromatic rings. The van der Waals surface area contributed by atoms with Gasteiger partial charge in [0.25, 0.3) is 5.91 Å². The summed E-state index contributed by atoms with van der Waals surface area (Å²) in [5.41, 5.74) is -0.208. The van der Waals surface area contributed by atoms with Crippen LogP contribution in [-0.4, -0.2) is 41.1 Å². The fourth-order valence-corrected chi connectivity index (χ4v) is 2.20. The lowest BCUT2D eigenvalue weighted by Gasteiger charge is -2.21. The van der Waals surface area contributed by atoms with E-state index in [2.05, 4.69) is 0 Å². The highest BCUT2D eigenvalue weighted by atomic mass is 19.1. The van der Waals surface area contributed by atoms with E-state index >= 15 is 0 Å². The summed E-state index contributed by atoms with van der Waals surface area (Å²) in [5, 5.41) is 8.85. The van der Waals surface area contributed by atoms with Crippen LogP contribution in [0.2, 0.25) is 0 Å². The Bertz CT molecular complexity index is 526. The zero-order valence-corrected chi connectivity index (χ0v) is 11.1. The predicted octanol–water partition coefficient (Wildman–Crippen LogP) is 1.91. The Morgan fingerprint density at radius 3 is 2.55 bits per heavy atom. The number of likely N-dealkylation sites (tertiary alicyclic amines) is 1. The first kappa shape index (κ1) is 14.3. The molecule has 6 heteroatoms. The van der Waals surface area contributed by atoms with Crippen molar-refractivity contribution in [2.24, 2.45) is 0 Å². The number of benzene rings is 1. The third kappa shape index (κ3) is 3.26. The summed E-state index contributed by atoms with van der Waals surface area (Å²) in [7, 11) is 0. The number of carboxylic acid groups (broad SMARTS) is 1. The van der Waals surface area contributed by atoms with Crippen molar-refractivity contribution in [3.05, 3.63) is 29.6 Å². The van der Waals surface area contributed by atoms with Crippen molar-refractivity contribution in [2.45, 2.75) is 25.9 Å². The van der Waals surface area contributed by atoms with E-state index in [0.717, 1.165) is 25.0 Å². The molecule has 1 heterocycles. The van der Waals surface area contributed by atoms with Crippen LogP contribution in [0, 0.1) is 5.82 Å². The monoisotopic (exact) mass is 281 g/mol. The summed E-state index contributed by atoms with van der Waals surface area (Å²) >= 11 is 0. The second-order valence-corrected chi connectivity index (χ2v) is 4.77. The molecule has 1 atom stereocenters. The van der Waals surface area contributed by atoms with Crippen LogP contribution >= 0.6 is 0 Å². The lowest BCUT2D eigenvalue weighted by Crippen LogP contribution is -2.38. The molecular formula is C14H16FNO4. The van der Waals surface area contributed by atoms with Crippen LogP contribution in [0.3, 0.4) is 0 Å². The Morgan fingerprint density at radius 1 is 1.30 bits per heavy atom. The Kier molecular flexibility index (Phi) is 4.22. The first-order chi connectivity index (χ1) is 9.47. The molecule has 1 fully saturated rings. The number of carboxylic acids is 1. The fourth-order valence-electron chi connectivity index (χ4n) is 2.20. The van der Waals surface area contributed by atoms with Crippen LogP contribution in [-0.2, 0) is 4.79 Å². The van der Waals surface area contributed by atoms with Gasteiger partial charge in [-0.15, -0.1) is 0 Å². The number of nitrogens with zero attached hydrogens (tertiary/aromatic N) is 1. The molecule has 1 N–H and O–H groups in total.